The van der Waals surface area contributed by atoms with Gasteiger partial charge in [-0.1, -0.05) is 6.07 Å². The molecule has 1 aromatic heterocycles. The zero-order valence-corrected chi connectivity index (χ0v) is 11.9. The average Bonchev–Trinajstić information content (AvgIpc) is 2.47. The molecular weight excluding hydrogens is 268 g/mol. The van der Waals surface area contributed by atoms with Crippen molar-refractivity contribution in [3.05, 3.63) is 41.9 Å². The molecule has 1 atom stereocenters. The minimum Gasteiger partial charge on any atom is -0.487 e. The Bertz CT molecular complexity index is 702. The zero-order valence-electron chi connectivity index (χ0n) is 11.9. The van der Waals surface area contributed by atoms with Gasteiger partial charge in [-0.15, -0.1) is 0 Å². The number of amides is 1. The first-order valence-electron chi connectivity index (χ1n) is 6.72. The summed E-state index contributed by atoms with van der Waals surface area (Å²) in [6, 6.07) is 5.75. The Morgan fingerprint density at radius 3 is 2.90 bits per heavy atom. The summed E-state index contributed by atoms with van der Waals surface area (Å²) in [4.78, 5) is 22.4. The number of hydrogen-bond donors (Lipinski definition) is 1. The van der Waals surface area contributed by atoms with Crippen molar-refractivity contribution < 1.29 is 9.53 Å². The maximum absolute atomic E-state index is 12.7. The predicted molar refractivity (Wildman–Crippen MR) is 79.4 cm³/mol. The Morgan fingerprint density at radius 2 is 2.14 bits per heavy atom. The van der Waals surface area contributed by atoms with Crippen LogP contribution in [0, 0.1) is 6.92 Å². The largest absolute Gasteiger partial charge is 0.487 e. The van der Waals surface area contributed by atoms with Crippen LogP contribution < -0.4 is 15.4 Å². The van der Waals surface area contributed by atoms with E-state index in [0.717, 1.165) is 11.3 Å². The van der Waals surface area contributed by atoms with E-state index in [9.17, 15) is 4.79 Å². The highest BCUT2D eigenvalue weighted by Gasteiger charge is 2.30. The van der Waals surface area contributed by atoms with Crippen LogP contribution in [-0.2, 0) is 0 Å². The lowest BCUT2D eigenvalue weighted by Gasteiger charge is -2.33. The second kappa shape index (κ2) is 5.05. The topological polar surface area (TPSA) is 81.3 Å². The third kappa shape index (κ3) is 2.40. The SMILES string of the molecule is Cc1ccc2c(c1)N(C(=O)c1nccnc1N)C[C@@H](C)O2. The predicted octanol–water partition coefficient (Wildman–Crippen LogP) is 1.79. The Labute approximate surface area is 122 Å². The highest BCUT2D eigenvalue weighted by Crippen LogP contribution is 2.35. The zero-order chi connectivity index (χ0) is 15.0. The van der Waals surface area contributed by atoms with E-state index in [1.165, 1.54) is 12.4 Å². The van der Waals surface area contributed by atoms with E-state index in [0.29, 0.717) is 12.3 Å². The number of aromatic nitrogens is 2. The van der Waals surface area contributed by atoms with Gasteiger partial charge in [0.15, 0.2) is 11.5 Å². The fourth-order valence-corrected chi connectivity index (χ4v) is 2.38. The number of nitrogen functional groups attached to an aromatic ring is 1. The van der Waals surface area contributed by atoms with Gasteiger partial charge in [-0.2, -0.15) is 0 Å². The normalized spacial score (nSPS) is 17.0. The van der Waals surface area contributed by atoms with Crippen molar-refractivity contribution in [2.24, 2.45) is 0 Å². The molecule has 2 heterocycles. The summed E-state index contributed by atoms with van der Waals surface area (Å²) in [7, 11) is 0. The molecule has 0 fully saturated rings. The van der Waals surface area contributed by atoms with Crippen molar-refractivity contribution in [1.82, 2.24) is 9.97 Å². The van der Waals surface area contributed by atoms with E-state index in [1.54, 1.807) is 4.90 Å². The van der Waals surface area contributed by atoms with E-state index < -0.39 is 0 Å². The van der Waals surface area contributed by atoms with Crippen LogP contribution in [0.15, 0.2) is 30.6 Å². The molecule has 0 bridgehead atoms. The molecule has 6 nitrogen and oxygen atoms in total. The molecule has 108 valence electrons. The van der Waals surface area contributed by atoms with Gasteiger partial charge in [-0.05, 0) is 31.5 Å². The number of ether oxygens (including phenoxy) is 1. The van der Waals surface area contributed by atoms with Gasteiger partial charge in [0.2, 0.25) is 0 Å². The molecule has 2 aromatic rings. The molecule has 1 aliphatic rings. The number of anilines is 2. The Balaban J connectivity index is 2.05. The van der Waals surface area contributed by atoms with Gasteiger partial charge in [-0.3, -0.25) is 9.69 Å². The van der Waals surface area contributed by atoms with Crippen LogP contribution in [0.2, 0.25) is 0 Å². The van der Waals surface area contributed by atoms with Gasteiger partial charge >= 0.3 is 0 Å². The maximum Gasteiger partial charge on any atom is 0.280 e. The number of hydrogen-bond acceptors (Lipinski definition) is 5. The molecule has 2 N–H and O–H groups in total. The van der Waals surface area contributed by atoms with E-state index in [4.69, 9.17) is 10.5 Å². The van der Waals surface area contributed by atoms with Crippen LogP contribution in [0.4, 0.5) is 11.5 Å². The molecule has 0 saturated carbocycles. The smallest absolute Gasteiger partial charge is 0.280 e. The van der Waals surface area contributed by atoms with Gasteiger partial charge in [0, 0.05) is 12.4 Å². The van der Waals surface area contributed by atoms with Crippen LogP contribution in [0.25, 0.3) is 0 Å². The van der Waals surface area contributed by atoms with E-state index >= 15 is 0 Å². The van der Waals surface area contributed by atoms with Gasteiger partial charge in [0.25, 0.3) is 5.91 Å². The quantitative estimate of drug-likeness (QED) is 0.863. The monoisotopic (exact) mass is 284 g/mol. The minimum atomic E-state index is -0.261. The molecule has 0 saturated heterocycles. The summed E-state index contributed by atoms with van der Waals surface area (Å²) in [5.74, 6) is 0.564. The first-order chi connectivity index (χ1) is 10.1. The molecule has 1 aromatic carbocycles. The fraction of sp³-hybridized carbons (Fsp3) is 0.267. The number of nitrogens with two attached hydrogens (primary N) is 1. The molecular formula is C15H16N4O2. The van der Waals surface area contributed by atoms with Gasteiger partial charge in [0.05, 0.1) is 12.2 Å². The molecule has 6 heteroatoms. The van der Waals surface area contributed by atoms with Crippen molar-refractivity contribution >= 4 is 17.4 Å². The van der Waals surface area contributed by atoms with Crippen LogP contribution in [-0.4, -0.2) is 28.5 Å². The van der Waals surface area contributed by atoms with Crippen molar-refractivity contribution in [1.29, 1.82) is 0 Å². The van der Waals surface area contributed by atoms with Crippen LogP contribution in [0.1, 0.15) is 23.0 Å². The molecule has 1 aliphatic heterocycles. The number of aryl methyl sites for hydroxylation is 1. The number of benzene rings is 1. The van der Waals surface area contributed by atoms with E-state index in [1.807, 2.05) is 32.0 Å². The Morgan fingerprint density at radius 1 is 1.38 bits per heavy atom. The molecule has 21 heavy (non-hydrogen) atoms. The van der Waals surface area contributed by atoms with Crippen molar-refractivity contribution in [3.8, 4) is 5.75 Å². The molecule has 1 amide bonds. The number of carbonyl (C=O) groups excluding carboxylic acids is 1. The Hall–Kier alpha value is -2.63. The number of nitrogens with zero attached hydrogens (tertiary/aromatic N) is 3. The lowest BCUT2D eigenvalue weighted by molar-refractivity contribution is 0.0957. The van der Waals surface area contributed by atoms with Gasteiger partial charge in [0.1, 0.15) is 11.9 Å². The molecule has 3 rings (SSSR count). The summed E-state index contributed by atoms with van der Waals surface area (Å²) in [6.45, 7) is 4.34. The molecule has 0 unspecified atom stereocenters. The summed E-state index contributed by atoms with van der Waals surface area (Å²) in [6.07, 6.45) is 2.83. The Kier molecular flexibility index (Phi) is 3.21. The standard InChI is InChI=1S/C15H16N4O2/c1-9-3-4-12-11(7-9)19(8-10(2)21-12)15(20)13-14(16)18-6-5-17-13/h3-7,10H,8H2,1-2H3,(H2,16,18)/t10-/m1/s1. The van der Waals surface area contributed by atoms with E-state index in [-0.39, 0.29) is 23.5 Å². The first kappa shape index (κ1) is 13.4. The fourth-order valence-electron chi connectivity index (χ4n) is 2.38. The second-order valence-electron chi connectivity index (χ2n) is 5.11. The van der Waals surface area contributed by atoms with Crippen LogP contribution in [0.3, 0.4) is 0 Å². The van der Waals surface area contributed by atoms with Crippen LogP contribution >= 0.6 is 0 Å². The third-order valence-corrected chi connectivity index (χ3v) is 3.35. The first-order valence-corrected chi connectivity index (χ1v) is 6.72. The summed E-state index contributed by atoms with van der Waals surface area (Å²) < 4.78 is 5.77. The second-order valence-corrected chi connectivity index (χ2v) is 5.11. The van der Waals surface area contributed by atoms with Gasteiger partial charge in [-0.25, -0.2) is 9.97 Å². The minimum absolute atomic E-state index is 0.0953. The molecule has 0 radical (unpaired) electrons. The lowest BCUT2D eigenvalue weighted by atomic mass is 10.1. The third-order valence-electron chi connectivity index (χ3n) is 3.35. The number of fused-ring (bicyclic) bond motifs is 1. The summed E-state index contributed by atoms with van der Waals surface area (Å²) >= 11 is 0. The lowest BCUT2D eigenvalue weighted by Crippen LogP contribution is -2.43. The summed E-state index contributed by atoms with van der Waals surface area (Å²) in [5, 5.41) is 0. The van der Waals surface area contributed by atoms with Crippen molar-refractivity contribution in [2.75, 3.05) is 17.2 Å². The number of rotatable bonds is 1. The van der Waals surface area contributed by atoms with Crippen molar-refractivity contribution in [3.63, 3.8) is 0 Å². The molecule has 0 aliphatic carbocycles. The highest BCUT2D eigenvalue weighted by molar-refractivity contribution is 6.08. The van der Waals surface area contributed by atoms with Gasteiger partial charge < -0.3 is 10.5 Å². The van der Waals surface area contributed by atoms with Crippen molar-refractivity contribution in [2.45, 2.75) is 20.0 Å². The molecule has 0 spiro atoms. The van der Waals surface area contributed by atoms with E-state index in [2.05, 4.69) is 9.97 Å². The maximum atomic E-state index is 12.7. The summed E-state index contributed by atoms with van der Waals surface area (Å²) in [5.41, 5.74) is 7.72. The number of carbonyl (C=O) groups is 1. The highest BCUT2D eigenvalue weighted by atomic mass is 16.5. The average molecular weight is 284 g/mol. The van der Waals surface area contributed by atoms with Crippen LogP contribution in [0.5, 0.6) is 5.75 Å².